The molecule has 0 amide bonds. The summed E-state index contributed by atoms with van der Waals surface area (Å²) in [6, 6.07) is 16.1. The lowest BCUT2D eigenvalue weighted by Gasteiger charge is -2.29. The van der Waals surface area contributed by atoms with Crippen molar-refractivity contribution < 1.29 is 17.9 Å². The summed E-state index contributed by atoms with van der Waals surface area (Å²) in [6.45, 7) is 1.95. The van der Waals surface area contributed by atoms with Crippen LogP contribution in [0.2, 0.25) is 0 Å². The Bertz CT molecular complexity index is 1450. The predicted octanol–water partition coefficient (Wildman–Crippen LogP) is 4.07. The quantitative estimate of drug-likeness (QED) is 0.447. The number of aromatic nitrogens is 2. The summed E-state index contributed by atoms with van der Waals surface area (Å²) in [5.74, 6) is 1.28. The molecule has 2 heterocycles. The molecule has 4 aromatic rings. The molecule has 1 saturated heterocycles. The normalized spacial score (nSPS) is 15.5. The number of hydrogen-bond acceptors (Lipinski definition) is 7. The van der Waals surface area contributed by atoms with E-state index in [2.05, 4.69) is 26.6 Å². The van der Waals surface area contributed by atoms with Crippen LogP contribution in [0.15, 0.2) is 65.8 Å². The van der Waals surface area contributed by atoms with Crippen molar-refractivity contribution in [3.05, 3.63) is 60.9 Å². The van der Waals surface area contributed by atoms with E-state index in [1.165, 1.54) is 6.33 Å². The average Bonchev–Trinajstić information content (AvgIpc) is 2.85. The maximum atomic E-state index is 13.2. The highest BCUT2D eigenvalue weighted by molar-refractivity contribution is 7.92. The van der Waals surface area contributed by atoms with E-state index in [1.807, 2.05) is 24.3 Å². The number of sulfonamides is 1. The summed E-state index contributed by atoms with van der Waals surface area (Å²) in [5, 5.41) is 2.34. The minimum absolute atomic E-state index is 0.0928. The molecule has 0 saturated carbocycles. The number of piperidine rings is 1. The molecule has 8 nitrogen and oxygen atoms in total. The van der Waals surface area contributed by atoms with Gasteiger partial charge in [-0.2, -0.15) is 0 Å². The molecule has 5 rings (SSSR count). The molecule has 0 unspecified atom stereocenters. The topological polar surface area (TPSA) is 93.6 Å². The number of hydrogen-bond donors (Lipinski definition) is 1. The first kappa shape index (κ1) is 22.4. The van der Waals surface area contributed by atoms with Crippen molar-refractivity contribution in [3.8, 4) is 11.5 Å². The van der Waals surface area contributed by atoms with Gasteiger partial charge in [-0.3, -0.25) is 4.72 Å². The summed E-state index contributed by atoms with van der Waals surface area (Å²) >= 11 is 0. The number of methoxy groups -OCH3 is 1. The Hall–Kier alpha value is -3.43. The first-order chi connectivity index (χ1) is 16.4. The van der Waals surface area contributed by atoms with Crippen molar-refractivity contribution in [2.75, 3.05) is 32.0 Å². The van der Waals surface area contributed by atoms with E-state index in [9.17, 15) is 8.42 Å². The van der Waals surface area contributed by atoms with E-state index >= 15 is 0 Å². The van der Waals surface area contributed by atoms with Gasteiger partial charge in [-0.15, -0.1) is 0 Å². The molecule has 0 spiro atoms. The van der Waals surface area contributed by atoms with Gasteiger partial charge in [0.15, 0.2) is 17.3 Å². The first-order valence-corrected chi connectivity index (χ1v) is 12.6. The molecule has 3 aromatic carbocycles. The summed E-state index contributed by atoms with van der Waals surface area (Å²) in [4.78, 5) is 11.0. The van der Waals surface area contributed by atoms with E-state index in [0.29, 0.717) is 22.4 Å². The minimum atomic E-state index is -3.87. The van der Waals surface area contributed by atoms with Gasteiger partial charge in [-0.05, 0) is 48.9 Å². The molecule has 0 bridgehead atoms. The Morgan fingerprint density at radius 1 is 0.971 bits per heavy atom. The van der Waals surface area contributed by atoms with Gasteiger partial charge in [-0.1, -0.05) is 30.3 Å². The minimum Gasteiger partial charge on any atom is -0.493 e. The van der Waals surface area contributed by atoms with Crippen LogP contribution in [0.1, 0.15) is 12.8 Å². The van der Waals surface area contributed by atoms with Gasteiger partial charge in [0.1, 0.15) is 12.4 Å². The summed E-state index contributed by atoms with van der Waals surface area (Å²) in [7, 11) is -0.209. The molecular weight excluding hydrogens is 452 g/mol. The van der Waals surface area contributed by atoms with Gasteiger partial charge in [-0.25, -0.2) is 18.4 Å². The van der Waals surface area contributed by atoms with Crippen LogP contribution in [-0.4, -0.2) is 56.6 Å². The second-order valence-corrected chi connectivity index (χ2v) is 10.2. The molecule has 1 aliphatic rings. The van der Waals surface area contributed by atoms with E-state index in [1.54, 1.807) is 37.4 Å². The Balaban J connectivity index is 1.47. The zero-order chi connectivity index (χ0) is 23.7. The Morgan fingerprint density at radius 2 is 1.74 bits per heavy atom. The molecule has 34 heavy (non-hydrogen) atoms. The molecular formula is C25H26N4O4S. The van der Waals surface area contributed by atoms with Gasteiger partial charge in [0.25, 0.3) is 10.0 Å². The molecule has 176 valence electrons. The number of benzene rings is 3. The lowest BCUT2D eigenvalue weighted by atomic mass is 10.1. The number of nitrogens with zero attached hydrogens (tertiary/aromatic N) is 3. The average molecular weight is 479 g/mol. The highest BCUT2D eigenvalue weighted by Gasteiger charge is 2.22. The molecule has 0 aliphatic carbocycles. The fourth-order valence-electron chi connectivity index (χ4n) is 4.20. The van der Waals surface area contributed by atoms with E-state index in [-0.39, 0.29) is 16.8 Å². The van der Waals surface area contributed by atoms with Crippen molar-refractivity contribution >= 4 is 37.5 Å². The van der Waals surface area contributed by atoms with Gasteiger partial charge in [0.05, 0.1) is 17.5 Å². The Morgan fingerprint density at radius 3 is 2.50 bits per heavy atom. The van der Waals surface area contributed by atoms with Crippen LogP contribution in [0.5, 0.6) is 11.5 Å². The zero-order valence-corrected chi connectivity index (χ0v) is 19.9. The smallest absolute Gasteiger partial charge is 0.263 e. The maximum Gasteiger partial charge on any atom is 0.263 e. The number of anilines is 1. The number of likely N-dealkylation sites (tertiary alicyclic amines) is 1. The van der Waals surface area contributed by atoms with Crippen LogP contribution in [0.25, 0.3) is 21.7 Å². The fraction of sp³-hybridized carbons (Fsp3) is 0.280. The number of rotatable bonds is 6. The lowest BCUT2D eigenvalue weighted by Crippen LogP contribution is -2.35. The van der Waals surface area contributed by atoms with Gasteiger partial charge < -0.3 is 14.4 Å². The number of fused-ring (bicyclic) bond motifs is 2. The van der Waals surface area contributed by atoms with Crippen LogP contribution in [0, 0.1) is 0 Å². The lowest BCUT2D eigenvalue weighted by molar-refractivity contribution is 0.111. The zero-order valence-electron chi connectivity index (χ0n) is 19.1. The first-order valence-electron chi connectivity index (χ1n) is 11.1. The van der Waals surface area contributed by atoms with Crippen molar-refractivity contribution in [1.82, 2.24) is 14.9 Å². The Labute approximate surface area is 198 Å². The van der Waals surface area contributed by atoms with Gasteiger partial charge >= 0.3 is 0 Å². The molecule has 1 aromatic heterocycles. The largest absolute Gasteiger partial charge is 0.493 e. The highest BCUT2D eigenvalue weighted by atomic mass is 32.2. The van der Waals surface area contributed by atoms with Crippen molar-refractivity contribution in [1.29, 1.82) is 0 Å². The number of ether oxygens (including phenoxy) is 2. The summed E-state index contributed by atoms with van der Waals surface area (Å²) in [6.07, 6.45) is 3.29. The third-order valence-corrected chi connectivity index (χ3v) is 7.48. The molecule has 1 N–H and O–H groups in total. The molecule has 0 atom stereocenters. The van der Waals surface area contributed by atoms with E-state index in [0.717, 1.165) is 36.7 Å². The van der Waals surface area contributed by atoms with Crippen LogP contribution >= 0.6 is 0 Å². The third kappa shape index (κ3) is 4.49. The second kappa shape index (κ2) is 9.08. The SMILES string of the molecule is COc1cc2c(NS(=O)(=O)c3ccc4ccccc4c3)ncnc2cc1OC1CCN(C)CC1. The van der Waals surface area contributed by atoms with Crippen LogP contribution in [0.3, 0.4) is 0 Å². The van der Waals surface area contributed by atoms with Gasteiger partial charge in [0, 0.05) is 24.5 Å². The number of nitrogens with one attached hydrogen (secondary N) is 1. The Kier molecular flexibility index (Phi) is 5.97. The van der Waals surface area contributed by atoms with Crippen molar-refractivity contribution in [3.63, 3.8) is 0 Å². The molecule has 0 radical (unpaired) electrons. The molecule has 9 heteroatoms. The maximum absolute atomic E-state index is 13.2. The van der Waals surface area contributed by atoms with Crippen molar-refractivity contribution in [2.45, 2.75) is 23.8 Å². The van der Waals surface area contributed by atoms with Crippen LogP contribution in [0.4, 0.5) is 5.82 Å². The standard InChI is InChI=1S/C25H26N4O4S/c1-29-11-9-19(10-12-29)33-24-15-22-21(14-23(24)32-2)25(27-16-26-22)28-34(30,31)20-8-7-17-5-3-4-6-18(17)13-20/h3-8,13-16,19H,9-12H2,1-2H3,(H,26,27,28). The van der Waals surface area contributed by atoms with Gasteiger partial charge in [0.2, 0.25) is 0 Å². The summed E-state index contributed by atoms with van der Waals surface area (Å²) < 4.78 is 40.8. The summed E-state index contributed by atoms with van der Waals surface area (Å²) in [5.41, 5.74) is 0.565. The van der Waals surface area contributed by atoms with E-state index in [4.69, 9.17) is 9.47 Å². The second-order valence-electron chi connectivity index (χ2n) is 8.48. The molecule has 1 aliphatic heterocycles. The third-order valence-electron chi connectivity index (χ3n) is 6.14. The predicted molar refractivity (Wildman–Crippen MR) is 132 cm³/mol. The van der Waals surface area contributed by atoms with Crippen LogP contribution in [-0.2, 0) is 10.0 Å². The molecule has 1 fully saturated rings. The van der Waals surface area contributed by atoms with Crippen molar-refractivity contribution in [2.24, 2.45) is 0 Å². The van der Waals surface area contributed by atoms with Crippen LogP contribution < -0.4 is 14.2 Å². The highest BCUT2D eigenvalue weighted by Crippen LogP contribution is 2.36. The fourth-order valence-corrected chi connectivity index (χ4v) is 5.26. The monoisotopic (exact) mass is 478 g/mol. The van der Waals surface area contributed by atoms with E-state index < -0.39 is 10.0 Å².